The number of nitriles is 1. The van der Waals surface area contributed by atoms with Crippen molar-refractivity contribution in [1.82, 2.24) is 5.32 Å². The highest BCUT2D eigenvalue weighted by atomic mass is 14.9. The summed E-state index contributed by atoms with van der Waals surface area (Å²) in [6.07, 6.45) is 1.54. The summed E-state index contributed by atoms with van der Waals surface area (Å²) in [5.41, 5.74) is 1.55. The quantitative estimate of drug-likeness (QED) is 0.504. The largest absolute Gasteiger partial charge is 0.370 e. The van der Waals surface area contributed by atoms with Gasteiger partial charge in [-0.2, -0.15) is 5.26 Å². The van der Waals surface area contributed by atoms with Crippen molar-refractivity contribution >= 4 is 5.71 Å². The van der Waals surface area contributed by atoms with E-state index in [0.717, 1.165) is 5.71 Å². The van der Waals surface area contributed by atoms with Crippen LogP contribution in [-0.4, -0.2) is 12.3 Å². The zero-order chi connectivity index (χ0) is 6.69. The zero-order valence-electron chi connectivity index (χ0n) is 5.18. The average molecular weight is 121 g/mol. The Hall–Kier alpha value is -1.30. The van der Waals surface area contributed by atoms with Gasteiger partial charge in [0.1, 0.15) is 11.8 Å². The Kier molecular flexibility index (Phi) is 1.50. The van der Waals surface area contributed by atoms with Crippen LogP contribution in [0.15, 0.2) is 16.9 Å². The van der Waals surface area contributed by atoms with Gasteiger partial charge in [-0.25, -0.2) is 0 Å². The number of aliphatic imine (C=N–C) groups is 1. The highest BCUT2D eigenvalue weighted by Crippen LogP contribution is 1.93. The minimum absolute atomic E-state index is 0.542. The molecular formula is C6H7N3. The molecule has 0 amide bonds. The van der Waals surface area contributed by atoms with Gasteiger partial charge in [-0.3, -0.25) is 4.99 Å². The Morgan fingerprint density at radius 2 is 2.67 bits per heavy atom. The third-order valence-electron chi connectivity index (χ3n) is 1.07. The maximum atomic E-state index is 8.33. The molecule has 1 rings (SSSR count). The number of hydrogen-bond donors (Lipinski definition) is 1. The van der Waals surface area contributed by atoms with E-state index in [1.165, 1.54) is 0 Å². The minimum Gasteiger partial charge on any atom is -0.370 e. The first-order chi connectivity index (χ1) is 4.33. The van der Waals surface area contributed by atoms with Gasteiger partial charge in [0.25, 0.3) is 0 Å². The standard InChI is InChI=1S/C6H7N3/c1-5-3-9-6(2-7)4-8-5/h4,9H,3H2,1H3. The molecule has 0 fully saturated rings. The molecule has 1 aliphatic rings. The van der Waals surface area contributed by atoms with E-state index < -0.39 is 0 Å². The Bertz CT molecular complexity index is 207. The average Bonchev–Trinajstić information content (AvgIpc) is 1.90. The number of allylic oxidation sites excluding steroid dienone is 1. The fourth-order valence-corrected chi connectivity index (χ4v) is 0.558. The van der Waals surface area contributed by atoms with Crippen LogP contribution >= 0.6 is 0 Å². The first-order valence-electron chi connectivity index (χ1n) is 2.70. The SMILES string of the molecule is CC1=NC=C(C#N)NC1. The molecule has 0 spiro atoms. The van der Waals surface area contributed by atoms with Crippen LogP contribution in [0.25, 0.3) is 0 Å². The van der Waals surface area contributed by atoms with Crippen molar-refractivity contribution in [3.05, 3.63) is 11.9 Å². The molecule has 0 radical (unpaired) electrons. The number of hydrogen-bond acceptors (Lipinski definition) is 3. The molecule has 1 aliphatic heterocycles. The van der Waals surface area contributed by atoms with Crippen LogP contribution in [-0.2, 0) is 0 Å². The molecule has 0 atom stereocenters. The maximum absolute atomic E-state index is 8.33. The van der Waals surface area contributed by atoms with Gasteiger partial charge in [0, 0.05) is 5.71 Å². The van der Waals surface area contributed by atoms with E-state index >= 15 is 0 Å². The molecular weight excluding hydrogens is 114 g/mol. The highest BCUT2D eigenvalue weighted by molar-refractivity contribution is 5.85. The number of nitrogens with zero attached hydrogens (tertiary/aromatic N) is 2. The summed E-state index contributed by atoms with van der Waals surface area (Å²) in [6.45, 7) is 2.61. The van der Waals surface area contributed by atoms with E-state index in [9.17, 15) is 0 Å². The molecule has 3 nitrogen and oxygen atoms in total. The predicted molar refractivity (Wildman–Crippen MR) is 34.8 cm³/mol. The summed E-state index contributed by atoms with van der Waals surface area (Å²) in [6, 6.07) is 1.97. The van der Waals surface area contributed by atoms with Crippen LogP contribution in [0.4, 0.5) is 0 Å². The smallest absolute Gasteiger partial charge is 0.132 e. The Morgan fingerprint density at radius 3 is 3.11 bits per heavy atom. The monoisotopic (exact) mass is 121 g/mol. The van der Waals surface area contributed by atoms with Gasteiger partial charge in [-0.05, 0) is 6.92 Å². The molecule has 0 bridgehead atoms. The first-order valence-corrected chi connectivity index (χ1v) is 2.70. The van der Waals surface area contributed by atoms with Gasteiger partial charge < -0.3 is 5.32 Å². The molecule has 0 aromatic heterocycles. The molecule has 0 aromatic rings. The van der Waals surface area contributed by atoms with Crippen molar-refractivity contribution in [2.45, 2.75) is 6.92 Å². The van der Waals surface area contributed by atoms with Crippen LogP contribution in [0.1, 0.15) is 6.92 Å². The summed E-state index contributed by atoms with van der Waals surface area (Å²) in [4.78, 5) is 3.95. The molecule has 9 heavy (non-hydrogen) atoms. The van der Waals surface area contributed by atoms with Crippen molar-refractivity contribution in [3.8, 4) is 6.07 Å². The number of rotatable bonds is 0. The van der Waals surface area contributed by atoms with Crippen molar-refractivity contribution in [2.75, 3.05) is 6.54 Å². The fourth-order valence-electron chi connectivity index (χ4n) is 0.558. The second-order valence-electron chi connectivity index (χ2n) is 1.87. The molecule has 3 heteroatoms. The van der Waals surface area contributed by atoms with Crippen LogP contribution in [0.3, 0.4) is 0 Å². The molecule has 1 heterocycles. The minimum atomic E-state index is 0.542. The lowest BCUT2D eigenvalue weighted by molar-refractivity contribution is 0.934. The van der Waals surface area contributed by atoms with E-state index in [1.54, 1.807) is 6.20 Å². The Morgan fingerprint density at radius 1 is 1.89 bits per heavy atom. The van der Waals surface area contributed by atoms with Gasteiger partial charge in [-0.15, -0.1) is 0 Å². The molecule has 0 unspecified atom stereocenters. The maximum Gasteiger partial charge on any atom is 0.132 e. The second-order valence-corrected chi connectivity index (χ2v) is 1.87. The lowest BCUT2D eigenvalue weighted by atomic mass is 10.3. The van der Waals surface area contributed by atoms with Crippen LogP contribution in [0, 0.1) is 11.3 Å². The summed E-state index contributed by atoms with van der Waals surface area (Å²) < 4.78 is 0. The summed E-state index contributed by atoms with van der Waals surface area (Å²) in [5, 5.41) is 11.2. The van der Waals surface area contributed by atoms with Gasteiger partial charge in [-0.1, -0.05) is 0 Å². The Labute approximate surface area is 53.7 Å². The summed E-state index contributed by atoms with van der Waals surface area (Å²) >= 11 is 0. The van der Waals surface area contributed by atoms with E-state index in [-0.39, 0.29) is 0 Å². The van der Waals surface area contributed by atoms with Crippen molar-refractivity contribution in [1.29, 1.82) is 5.26 Å². The zero-order valence-corrected chi connectivity index (χ0v) is 5.18. The van der Waals surface area contributed by atoms with Gasteiger partial charge in [0.2, 0.25) is 0 Å². The van der Waals surface area contributed by atoms with Crippen molar-refractivity contribution < 1.29 is 0 Å². The Balaban J connectivity index is 2.73. The third-order valence-corrected chi connectivity index (χ3v) is 1.07. The van der Waals surface area contributed by atoms with Crippen molar-refractivity contribution in [2.24, 2.45) is 4.99 Å². The van der Waals surface area contributed by atoms with Crippen molar-refractivity contribution in [3.63, 3.8) is 0 Å². The molecule has 46 valence electrons. The van der Waals surface area contributed by atoms with Crippen LogP contribution in [0.2, 0.25) is 0 Å². The second kappa shape index (κ2) is 2.31. The van der Waals surface area contributed by atoms with E-state index in [4.69, 9.17) is 5.26 Å². The first kappa shape index (κ1) is 5.83. The molecule has 0 aliphatic carbocycles. The lowest BCUT2D eigenvalue weighted by Gasteiger charge is -2.06. The van der Waals surface area contributed by atoms with Gasteiger partial charge in [0.05, 0.1) is 12.7 Å². The van der Waals surface area contributed by atoms with E-state index in [0.29, 0.717) is 12.2 Å². The van der Waals surface area contributed by atoms with E-state index in [2.05, 4.69) is 10.3 Å². The van der Waals surface area contributed by atoms with Crippen LogP contribution < -0.4 is 5.32 Å². The predicted octanol–water partition coefficient (Wildman–Crippen LogP) is 0.415. The number of nitrogens with one attached hydrogen (secondary N) is 1. The van der Waals surface area contributed by atoms with E-state index in [1.807, 2.05) is 13.0 Å². The molecule has 1 N–H and O–H groups in total. The summed E-state index contributed by atoms with van der Waals surface area (Å²) in [5.74, 6) is 0. The normalized spacial score (nSPS) is 16.9. The highest BCUT2D eigenvalue weighted by Gasteiger charge is 1.99. The van der Waals surface area contributed by atoms with Crippen LogP contribution in [0.5, 0.6) is 0 Å². The molecule has 0 aromatic carbocycles. The topological polar surface area (TPSA) is 48.2 Å². The fraction of sp³-hybridized carbons (Fsp3) is 0.333. The summed E-state index contributed by atoms with van der Waals surface area (Å²) in [7, 11) is 0. The third kappa shape index (κ3) is 1.29. The lowest BCUT2D eigenvalue weighted by Crippen LogP contribution is -2.22. The molecule has 0 saturated heterocycles. The molecule has 0 saturated carbocycles. The van der Waals surface area contributed by atoms with Gasteiger partial charge >= 0.3 is 0 Å². The van der Waals surface area contributed by atoms with Gasteiger partial charge in [0.15, 0.2) is 0 Å².